The molecule has 4 rings (SSSR count). The summed E-state index contributed by atoms with van der Waals surface area (Å²) in [5, 5.41) is 12.0. The van der Waals surface area contributed by atoms with Gasteiger partial charge in [-0.25, -0.2) is 0 Å². The van der Waals surface area contributed by atoms with Crippen LogP contribution in [0.1, 0.15) is 18.5 Å². The van der Waals surface area contributed by atoms with Crippen molar-refractivity contribution in [3.8, 4) is 11.5 Å². The van der Waals surface area contributed by atoms with E-state index in [4.69, 9.17) is 21.7 Å². The van der Waals surface area contributed by atoms with Crippen molar-refractivity contribution in [3.05, 3.63) is 77.5 Å². The predicted molar refractivity (Wildman–Crippen MR) is 126 cm³/mol. The minimum atomic E-state index is -0.406. The number of hydrogen-bond acceptors (Lipinski definition) is 4. The van der Waals surface area contributed by atoms with Gasteiger partial charge in [0.1, 0.15) is 11.5 Å². The number of amides is 1. The van der Waals surface area contributed by atoms with Gasteiger partial charge in [0.25, 0.3) is 5.91 Å². The summed E-state index contributed by atoms with van der Waals surface area (Å²) in [5.41, 5.74) is 2.75. The molecule has 3 N–H and O–H groups in total. The summed E-state index contributed by atoms with van der Waals surface area (Å²) in [6, 6.07) is 19.0. The highest BCUT2D eigenvalue weighted by atomic mass is 32.1. The number of nitrogens with one attached hydrogen (secondary N) is 3. The van der Waals surface area contributed by atoms with Crippen LogP contribution in [0, 0.1) is 0 Å². The molecule has 0 saturated heterocycles. The maximum atomic E-state index is 13.5. The quantitative estimate of drug-likeness (QED) is 0.522. The van der Waals surface area contributed by atoms with Gasteiger partial charge in [-0.05, 0) is 47.6 Å². The fourth-order valence-electron chi connectivity index (χ4n) is 3.83. The first-order chi connectivity index (χ1) is 15.0. The van der Waals surface area contributed by atoms with Crippen LogP contribution in [0.4, 0.5) is 5.69 Å². The van der Waals surface area contributed by atoms with E-state index >= 15 is 0 Å². The average Bonchev–Trinajstić information content (AvgIpc) is 2.78. The molecule has 1 aliphatic rings. The Hall–Kier alpha value is -3.58. The molecule has 3 aromatic carbocycles. The maximum absolute atomic E-state index is 13.5. The highest BCUT2D eigenvalue weighted by Gasteiger charge is 2.31. The Bertz CT molecular complexity index is 1200. The van der Waals surface area contributed by atoms with Gasteiger partial charge in [0, 0.05) is 11.8 Å². The van der Waals surface area contributed by atoms with Crippen LogP contribution in [-0.4, -0.2) is 25.2 Å². The molecule has 1 atom stereocenters. The molecule has 31 heavy (non-hydrogen) atoms. The SMILES string of the molecule is COc1ccc(OC)c(NC(=O)C2=C(C)NC(=S)N[C@H]2c2cccc3ccccc23)c1. The van der Waals surface area contributed by atoms with Gasteiger partial charge in [0.15, 0.2) is 5.11 Å². The number of benzene rings is 3. The van der Waals surface area contributed by atoms with Crippen molar-refractivity contribution in [3.63, 3.8) is 0 Å². The number of hydrogen-bond donors (Lipinski definition) is 3. The van der Waals surface area contributed by atoms with Crippen molar-refractivity contribution in [1.82, 2.24) is 10.6 Å². The number of anilines is 1. The van der Waals surface area contributed by atoms with E-state index in [0.717, 1.165) is 16.3 Å². The first-order valence-electron chi connectivity index (χ1n) is 9.81. The van der Waals surface area contributed by atoms with Crippen LogP contribution in [0.3, 0.4) is 0 Å². The second-order valence-electron chi connectivity index (χ2n) is 7.16. The van der Waals surface area contributed by atoms with E-state index in [0.29, 0.717) is 33.6 Å². The Labute approximate surface area is 186 Å². The Kier molecular flexibility index (Phi) is 5.77. The minimum absolute atomic E-state index is 0.260. The summed E-state index contributed by atoms with van der Waals surface area (Å²) in [5.74, 6) is 0.902. The highest BCUT2D eigenvalue weighted by molar-refractivity contribution is 7.80. The van der Waals surface area contributed by atoms with Crippen LogP contribution in [0.5, 0.6) is 11.5 Å². The summed E-state index contributed by atoms with van der Waals surface area (Å²) in [6.45, 7) is 1.85. The average molecular weight is 434 g/mol. The molecule has 0 unspecified atom stereocenters. The van der Waals surface area contributed by atoms with Gasteiger partial charge >= 0.3 is 0 Å². The first kappa shape index (κ1) is 20.7. The van der Waals surface area contributed by atoms with Gasteiger partial charge < -0.3 is 25.4 Å². The Morgan fingerprint density at radius 3 is 2.58 bits per heavy atom. The summed E-state index contributed by atoms with van der Waals surface area (Å²) in [7, 11) is 3.13. The van der Waals surface area contributed by atoms with Crippen molar-refractivity contribution in [2.45, 2.75) is 13.0 Å². The number of carbonyl (C=O) groups excluding carboxylic acids is 1. The summed E-state index contributed by atoms with van der Waals surface area (Å²) in [4.78, 5) is 13.5. The zero-order valence-electron chi connectivity index (χ0n) is 17.5. The first-order valence-corrected chi connectivity index (χ1v) is 10.2. The second-order valence-corrected chi connectivity index (χ2v) is 7.57. The lowest BCUT2D eigenvalue weighted by Crippen LogP contribution is -2.45. The van der Waals surface area contributed by atoms with Crippen molar-refractivity contribution >= 4 is 39.7 Å². The molecule has 0 bridgehead atoms. The molecule has 3 aromatic rings. The van der Waals surface area contributed by atoms with E-state index in [-0.39, 0.29) is 5.91 Å². The molecular formula is C24H23N3O3S. The lowest BCUT2D eigenvalue weighted by atomic mass is 9.91. The van der Waals surface area contributed by atoms with E-state index in [9.17, 15) is 4.79 Å². The Morgan fingerprint density at radius 1 is 1.03 bits per heavy atom. The molecule has 158 valence electrons. The fourth-order valence-corrected chi connectivity index (χ4v) is 4.10. The van der Waals surface area contributed by atoms with Gasteiger partial charge in [0.05, 0.1) is 31.5 Å². The van der Waals surface area contributed by atoms with Crippen LogP contribution >= 0.6 is 12.2 Å². The number of allylic oxidation sites excluding steroid dienone is 1. The third-order valence-corrected chi connectivity index (χ3v) is 5.52. The smallest absolute Gasteiger partial charge is 0.255 e. The molecule has 0 aromatic heterocycles. The van der Waals surface area contributed by atoms with Crippen molar-refractivity contribution in [2.24, 2.45) is 0 Å². The lowest BCUT2D eigenvalue weighted by molar-refractivity contribution is -0.113. The standard InChI is InChI=1S/C24H23N3O3S/c1-14-21(23(28)26-19-13-16(29-2)11-12-20(19)30-3)22(27-24(31)25-14)18-10-6-8-15-7-4-5-9-17(15)18/h4-13,22H,1-3H3,(H,26,28)(H2,25,27,31)/t22-/m0/s1. The van der Waals surface area contributed by atoms with Crippen molar-refractivity contribution in [2.75, 3.05) is 19.5 Å². The zero-order valence-corrected chi connectivity index (χ0v) is 18.3. The molecule has 1 amide bonds. The molecule has 6 nitrogen and oxygen atoms in total. The minimum Gasteiger partial charge on any atom is -0.497 e. The molecule has 1 aliphatic heterocycles. The zero-order chi connectivity index (χ0) is 22.0. The topological polar surface area (TPSA) is 71.6 Å². The molecule has 0 spiro atoms. The molecule has 0 aliphatic carbocycles. The number of methoxy groups -OCH3 is 2. The number of fused-ring (bicyclic) bond motifs is 1. The number of rotatable bonds is 5. The predicted octanol–water partition coefficient (Wildman–Crippen LogP) is 4.29. The number of carbonyl (C=O) groups is 1. The van der Waals surface area contributed by atoms with E-state index in [1.54, 1.807) is 32.4 Å². The number of ether oxygens (including phenoxy) is 2. The van der Waals surface area contributed by atoms with E-state index < -0.39 is 6.04 Å². The third-order valence-electron chi connectivity index (χ3n) is 5.30. The van der Waals surface area contributed by atoms with Crippen LogP contribution < -0.4 is 25.4 Å². The monoisotopic (exact) mass is 433 g/mol. The van der Waals surface area contributed by atoms with Crippen LogP contribution in [0.25, 0.3) is 10.8 Å². The fraction of sp³-hybridized carbons (Fsp3) is 0.167. The van der Waals surface area contributed by atoms with Crippen molar-refractivity contribution in [1.29, 1.82) is 0 Å². The number of thiocarbonyl (C=S) groups is 1. The largest absolute Gasteiger partial charge is 0.497 e. The lowest BCUT2D eigenvalue weighted by Gasteiger charge is -2.31. The van der Waals surface area contributed by atoms with Gasteiger partial charge in [-0.15, -0.1) is 0 Å². The van der Waals surface area contributed by atoms with Crippen LogP contribution in [0.15, 0.2) is 71.9 Å². The molecule has 0 saturated carbocycles. The second kappa shape index (κ2) is 8.65. The van der Waals surface area contributed by atoms with Gasteiger partial charge in [-0.1, -0.05) is 42.5 Å². The molecule has 0 radical (unpaired) electrons. The molecule has 0 fully saturated rings. The Balaban J connectivity index is 1.77. The van der Waals surface area contributed by atoms with Gasteiger partial charge in [-0.2, -0.15) is 0 Å². The van der Waals surface area contributed by atoms with E-state index in [1.807, 2.05) is 37.3 Å². The third kappa shape index (κ3) is 4.04. The van der Waals surface area contributed by atoms with Gasteiger partial charge in [-0.3, -0.25) is 4.79 Å². The maximum Gasteiger partial charge on any atom is 0.255 e. The van der Waals surface area contributed by atoms with Crippen LogP contribution in [-0.2, 0) is 4.79 Å². The highest BCUT2D eigenvalue weighted by Crippen LogP contribution is 2.34. The molecule has 7 heteroatoms. The molecular weight excluding hydrogens is 410 g/mol. The van der Waals surface area contributed by atoms with Gasteiger partial charge in [0.2, 0.25) is 0 Å². The van der Waals surface area contributed by atoms with Crippen molar-refractivity contribution < 1.29 is 14.3 Å². The van der Waals surface area contributed by atoms with E-state index in [2.05, 4.69) is 28.1 Å². The summed E-state index contributed by atoms with van der Waals surface area (Å²) < 4.78 is 10.7. The van der Waals surface area contributed by atoms with E-state index in [1.165, 1.54) is 0 Å². The van der Waals surface area contributed by atoms with Crippen LogP contribution in [0.2, 0.25) is 0 Å². The Morgan fingerprint density at radius 2 is 1.81 bits per heavy atom. The summed E-state index contributed by atoms with van der Waals surface area (Å²) >= 11 is 5.40. The normalized spacial score (nSPS) is 15.8. The molecule has 1 heterocycles. The summed E-state index contributed by atoms with van der Waals surface area (Å²) in [6.07, 6.45) is 0.